The van der Waals surface area contributed by atoms with Crippen molar-refractivity contribution < 1.29 is 4.79 Å². The lowest BCUT2D eigenvalue weighted by Gasteiger charge is -2.44. The van der Waals surface area contributed by atoms with Crippen molar-refractivity contribution in [2.24, 2.45) is 10.6 Å². The average molecular weight is 400 g/mol. The van der Waals surface area contributed by atoms with Crippen LogP contribution in [0.3, 0.4) is 0 Å². The predicted molar refractivity (Wildman–Crippen MR) is 119 cm³/mol. The standard InChI is InChI=1S/C24H24N4O2/c1-24(2)17-28(23(24)29)20-10-8-18(9-11-20)5-3-6-19-12-15-27(16-13-19)22-21(26-30)7-4-14-25-22/h4,6-11,14H,12-13,15-17H2,1-2H3. The number of allylic oxidation sites excluding steroid dienone is 1. The number of aromatic nitrogens is 1. The quantitative estimate of drug-likeness (QED) is 0.434. The van der Waals surface area contributed by atoms with Gasteiger partial charge in [0.1, 0.15) is 5.69 Å². The molecule has 2 fully saturated rings. The highest BCUT2D eigenvalue weighted by atomic mass is 16.3. The van der Waals surface area contributed by atoms with E-state index in [2.05, 4.69) is 26.9 Å². The number of nitrogens with zero attached hydrogens (tertiary/aromatic N) is 4. The van der Waals surface area contributed by atoms with Crippen LogP contribution in [0.15, 0.2) is 59.4 Å². The molecule has 0 N–H and O–H groups in total. The van der Waals surface area contributed by atoms with Gasteiger partial charge < -0.3 is 9.80 Å². The Hall–Kier alpha value is -3.46. The Bertz CT molecular complexity index is 1050. The maximum atomic E-state index is 12.1. The lowest BCUT2D eigenvalue weighted by molar-refractivity contribution is -0.132. The van der Waals surface area contributed by atoms with Crippen molar-refractivity contribution in [3.8, 4) is 11.8 Å². The zero-order chi connectivity index (χ0) is 21.1. The maximum absolute atomic E-state index is 12.1. The van der Waals surface area contributed by atoms with Crippen molar-refractivity contribution in [3.05, 3.63) is 64.7 Å². The summed E-state index contributed by atoms with van der Waals surface area (Å²) in [5.74, 6) is 7.14. The van der Waals surface area contributed by atoms with E-state index in [4.69, 9.17) is 0 Å². The van der Waals surface area contributed by atoms with Crippen molar-refractivity contribution in [3.63, 3.8) is 0 Å². The maximum Gasteiger partial charge on any atom is 0.234 e. The fraction of sp³-hybridized carbons (Fsp3) is 0.333. The molecule has 152 valence electrons. The molecule has 3 heterocycles. The van der Waals surface area contributed by atoms with Gasteiger partial charge in [0.25, 0.3) is 0 Å². The summed E-state index contributed by atoms with van der Waals surface area (Å²) < 4.78 is 0. The van der Waals surface area contributed by atoms with E-state index in [-0.39, 0.29) is 11.3 Å². The molecule has 30 heavy (non-hydrogen) atoms. The number of carbonyl (C=O) groups is 1. The second-order valence-electron chi connectivity index (χ2n) is 8.32. The number of rotatable bonds is 3. The van der Waals surface area contributed by atoms with E-state index in [0.29, 0.717) is 11.5 Å². The normalized spacial score (nSPS) is 17.7. The van der Waals surface area contributed by atoms with Crippen molar-refractivity contribution in [1.82, 2.24) is 4.98 Å². The number of hydrogen-bond acceptors (Lipinski definition) is 5. The fourth-order valence-electron chi connectivity index (χ4n) is 3.82. The number of benzene rings is 1. The first-order valence-corrected chi connectivity index (χ1v) is 10.1. The smallest absolute Gasteiger partial charge is 0.234 e. The molecule has 1 aromatic heterocycles. The van der Waals surface area contributed by atoms with Crippen LogP contribution in [-0.4, -0.2) is 30.5 Å². The first-order valence-electron chi connectivity index (χ1n) is 10.1. The molecule has 2 aliphatic rings. The molecule has 0 aliphatic carbocycles. The van der Waals surface area contributed by atoms with E-state index in [1.54, 1.807) is 23.2 Å². The van der Waals surface area contributed by atoms with E-state index in [9.17, 15) is 9.70 Å². The molecular formula is C24H24N4O2. The minimum Gasteiger partial charge on any atom is -0.354 e. The van der Waals surface area contributed by atoms with Gasteiger partial charge in [-0.2, -0.15) is 0 Å². The van der Waals surface area contributed by atoms with Crippen LogP contribution in [0.5, 0.6) is 0 Å². The van der Waals surface area contributed by atoms with Crippen LogP contribution in [0, 0.1) is 22.2 Å². The third-order valence-electron chi connectivity index (χ3n) is 5.62. The average Bonchev–Trinajstić information content (AvgIpc) is 2.78. The molecule has 2 aliphatic heterocycles. The molecule has 4 rings (SSSR count). The lowest BCUT2D eigenvalue weighted by atomic mass is 9.82. The van der Waals surface area contributed by atoms with Crippen LogP contribution in [-0.2, 0) is 4.79 Å². The molecule has 0 atom stereocenters. The summed E-state index contributed by atoms with van der Waals surface area (Å²) >= 11 is 0. The monoisotopic (exact) mass is 400 g/mol. The second kappa shape index (κ2) is 8.11. The SMILES string of the molecule is CC1(C)CN(c2ccc(C#CC=C3CCN(c4ncccc4N=O)CC3)cc2)C1=O. The number of amides is 1. The Morgan fingerprint density at radius 2 is 1.87 bits per heavy atom. The van der Waals surface area contributed by atoms with Gasteiger partial charge in [-0.25, -0.2) is 4.98 Å². The van der Waals surface area contributed by atoms with Crippen LogP contribution in [0.1, 0.15) is 32.3 Å². The van der Waals surface area contributed by atoms with Gasteiger partial charge in [0, 0.05) is 37.1 Å². The van der Waals surface area contributed by atoms with Gasteiger partial charge in [0.05, 0.1) is 5.41 Å². The van der Waals surface area contributed by atoms with Crippen LogP contribution < -0.4 is 9.80 Å². The van der Waals surface area contributed by atoms with Gasteiger partial charge in [-0.05, 0) is 74.3 Å². The topological polar surface area (TPSA) is 65.9 Å². The minimum atomic E-state index is -0.248. The first-order chi connectivity index (χ1) is 14.5. The molecule has 1 aromatic carbocycles. The van der Waals surface area contributed by atoms with Crippen LogP contribution in [0.2, 0.25) is 0 Å². The van der Waals surface area contributed by atoms with Crippen molar-refractivity contribution in [2.75, 3.05) is 29.4 Å². The summed E-state index contributed by atoms with van der Waals surface area (Å²) in [6, 6.07) is 11.2. The molecule has 2 aromatic rings. The molecule has 0 spiro atoms. The van der Waals surface area contributed by atoms with Crippen molar-refractivity contribution >= 4 is 23.1 Å². The highest BCUT2D eigenvalue weighted by Crippen LogP contribution is 2.35. The minimum absolute atomic E-state index is 0.166. The highest BCUT2D eigenvalue weighted by molar-refractivity contribution is 6.03. The summed E-state index contributed by atoms with van der Waals surface area (Å²) in [4.78, 5) is 31.3. The summed E-state index contributed by atoms with van der Waals surface area (Å²) in [5, 5.41) is 3.07. The third kappa shape index (κ3) is 3.97. The zero-order valence-electron chi connectivity index (χ0n) is 17.3. The van der Waals surface area contributed by atoms with Crippen LogP contribution >= 0.6 is 0 Å². The Labute approximate surface area is 176 Å². The number of pyridine rings is 1. The summed E-state index contributed by atoms with van der Waals surface area (Å²) in [6.45, 7) is 6.28. The number of hydrogen-bond donors (Lipinski definition) is 0. The van der Waals surface area contributed by atoms with Gasteiger partial charge in [-0.3, -0.25) is 4.79 Å². The molecule has 6 heteroatoms. The van der Waals surface area contributed by atoms with Gasteiger partial charge in [-0.15, -0.1) is 4.91 Å². The Morgan fingerprint density at radius 3 is 2.50 bits per heavy atom. The first kappa shape index (κ1) is 19.8. The van der Waals surface area contributed by atoms with Crippen molar-refractivity contribution in [1.29, 1.82) is 0 Å². The lowest BCUT2D eigenvalue weighted by Crippen LogP contribution is -2.58. The molecule has 0 saturated carbocycles. The zero-order valence-corrected chi connectivity index (χ0v) is 17.3. The Kier molecular flexibility index (Phi) is 5.37. The second-order valence-corrected chi connectivity index (χ2v) is 8.32. The number of nitroso groups, excluding NO2 is 1. The fourth-order valence-corrected chi connectivity index (χ4v) is 3.82. The van der Waals surface area contributed by atoms with Gasteiger partial charge in [0.15, 0.2) is 5.82 Å². The molecule has 6 nitrogen and oxygen atoms in total. The van der Waals surface area contributed by atoms with Gasteiger partial charge in [0.2, 0.25) is 5.91 Å². The number of anilines is 2. The van der Waals surface area contributed by atoms with Crippen molar-refractivity contribution in [2.45, 2.75) is 26.7 Å². The largest absolute Gasteiger partial charge is 0.354 e. The molecular weight excluding hydrogens is 376 g/mol. The number of β-lactam (4-membered cyclic amide) rings is 1. The molecule has 2 saturated heterocycles. The van der Waals surface area contributed by atoms with E-state index in [0.717, 1.165) is 43.7 Å². The number of carbonyl (C=O) groups excluding carboxylic acids is 1. The summed E-state index contributed by atoms with van der Waals surface area (Å²) in [7, 11) is 0. The van der Waals surface area contributed by atoms with Gasteiger partial charge in [-0.1, -0.05) is 17.4 Å². The predicted octanol–water partition coefficient (Wildman–Crippen LogP) is 4.43. The van der Waals surface area contributed by atoms with Crippen LogP contribution in [0.25, 0.3) is 0 Å². The highest BCUT2D eigenvalue weighted by Gasteiger charge is 2.44. The van der Waals surface area contributed by atoms with Gasteiger partial charge >= 0.3 is 0 Å². The molecule has 0 radical (unpaired) electrons. The summed E-state index contributed by atoms with van der Waals surface area (Å²) in [6.07, 6.45) is 5.44. The van der Waals surface area contributed by atoms with E-state index in [1.807, 2.05) is 44.2 Å². The number of piperidine rings is 1. The third-order valence-corrected chi connectivity index (χ3v) is 5.62. The van der Waals surface area contributed by atoms with Crippen LogP contribution in [0.4, 0.5) is 17.2 Å². The molecule has 0 unspecified atom stereocenters. The Balaban J connectivity index is 1.35. The van der Waals surface area contributed by atoms with E-state index < -0.39 is 0 Å². The van der Waals surface area contributed by atoms with E-state index >= 15 is 0 Å². The molecule has 0 bridgehead atoms. The van der Waals surface area contributed by atoms with E-state index in [1.165, 1.54) is 5.57 Å². The summed E-state index contributed by atoms with van der Waals surface area (Å²) in [5.41, 5.74) is 3.28. The molecule has 1 amide bonds. The Morgan fingerprint density at radius 1 is 1.13 bits per heavy atom.